The normalized spacial score (nSPS) is 14.0. The molecule has 1 rings (SSSR count). The van der Waals surface area contributed by atoms with Gasteiger partial charge in [-0.2, -0.15) is 0 Å². The number of benzene rings is 1. The van der Waals surface area contributed by atoms with Crippen molar-refractivity contribution in [2.45, 2.75) is 25.0 Å². The van der Waals surface area contributed by atoms with Gasteiger partial charge < -0.3 is 15.5 Å². The van der Waals surface area contributed by atoms with E-state index in [4.69, 9.17) is 0 Å². The highest BCUT2D eigenvalue weighted by molar-refractivity contribution is 9.09. The van der Waals surface area contributed by atoms with Crippen molar-refractivity contribution in [3.8, 4) is 0 Å². The second kappa shape index (κ2) is 7.51. The van der Waals surface area contributed by atoms with Gasteiger partial charge in [0, 0.05) is 12.4 Å². The lowest BCUT2D eigenvalue weighted by Crippen LogP contribution is -2.20. The Bertz CT molecular complexity index is 380. The number of halogens is 1. The Kier molecular flexibility index (Phi) is 6.32. The number of aliphatic hydroxyl groups excluding tert-OH is 2. The van der Waals surface area contributed by atoms with E-state index in [0.29, 0.717) is 23.7 Å². The summed E-state index contributed by atoms with van der Waals surface area (Å²) in [5, 5.41) is 22.8. The highest BCUT2D eigenvalue weighted by Crippen LogP contribution is 2.20. The van der Waals surface area contributed by atoms with E-state index >= 15 is 0 Å². The molecule has 4 nitrogen and oxygen atoms in total. The number of alkyl halides is 1. The van der Waals surface area contributed by atoms with Crippen molar-refractivity contribution >= 4 is 21.8 Å². The maximum Gasteiger partial charge on any atom is 0.224 e. The first-order valence-electron chi connectivity index (χ1n) is 5.80. The average molecular weight is 316 g/mol. The summed E-state index contributed by atoms with van der Waals surface area (Å²) >= 11 is 3.22. The number of aliphatic hydroxyl groups is 2. The largest absolute Gasteiger partial charge is 0.390 e. The number of rotatable bonds is 6. The summed E-state index contributed by atoms with van der Waals surface area (Å²) in [7, 11) is 1.59. The smallest absolute Gasteiger partial charge is 0.224 e. The quantitative estimate of drug-likeness (QED) is 0.690. The van der Waals surface area contributed by atoms with Crippen LogP contribution >= 0.6 is 15.9 Å². The van der Waals surface area contributed by atoms with Crippen molar-refractivity contribution in [2.24, 2.45) is 0 Å². The van der Waals surface area contributed by atoms with Crippen LogP contribution in [0.15, 0.2) is 24.3 Å². The Morgan fingerprint density at radius 2 is 1.94 bits per heavy atom. The second-order valence-corrected chi connectivity index (χ2v) is 4.87. The van der Waals surface area contributed by atoms with E-state index in [1.807, 2.05) is 0 Å². The lowest BCUT2D eigenvalue weighted by molar-refractivity contribution is -0.119. The standard InChI is InChI=1S/C13H18BrNO3/c1-15-12(17)8-9-2-4-10(5-3-9)13(18)11(16)6-7-14/h2-5,11,13,16,18H,6-8H2,1H3,(H,15,17). The summed E-state index contributed by atoms with van der Waals surface area (Å²) in [4.78, 5) is 11.2. The van der Waals surface area contributed by atoms with Gasteiger partial charge in [-0.25, -0.2) is 0 Å². The molecule has 0 aliphatic rings. The monoisotopic (exact) mass is 315 g/mol. The van der Waals surface area contributed by atoms with Gasteiger partial charge in [0.05, 0.1) is 12.5 Å². The Labute approximate surface area is 115 Å². The zero-order chi connectivity index (χ0) is 13.5. The van der Waals surface area contributed by atoms with Crippen LogP contribution in [0, 0.1) is 0 Å². The van der Waals surface area contributed by atoms with Crippen LogP contribution in [0.25, 0.3) is 0 Å². The van der Waals surface area contributed by atoms with Crippen LogP contribution in [0.4, 0.5) is 0 Å². The fourth-order valence-electron chi connectivity index (χ4n) is 1.60. The maximum absolute atomic E-state index is 11.2. The first kappa shape index (κ1) is 15.1. The van der Waals surface area contributed by atoms with E-state index in [-0.39, 0.29) is 5.91 Å². The zero-order valence-corrected chi connectivity index (χ0v) is 11.9. The summed E-state index contributed by atoms with van der Waals surface area (Å²) in [5.74, 6) is -0.0531. The molecule has 0 fully saturated rings. The predicted octanol–water partition coefficient (Wildman–Crippen LogP) is 1.15. The van der Waals surface area contributed by atoms with E-state index in [9.17, 15) is 15.0 Å². The van der Waals surface area contributed by atoms with Gasteiger partial charge in [0.2, 0.25) is 5.91 Å². The molecule has 100 valence electrons. The third kappa shape index (κ3) is 4.40. The summed E-state index contributed by atoms with van der Waals surface area (Å²) in [6.07, 6.45) is -0.872. The van der Waals surface area contributed by atoms with Crippen molar-refractivity contribution in [3.63, 3.8) is 0 Å². The van der Waals surface area contributed by atoms with Gasteiger partial charge >= 0.3 is 0 Å². The first-order chi connectivity index (χ1) is 8.58. The summed E-state index contributed by atoms with van der Waals surface area (Å²) in [6, 6.07) is 7.05. The molecule has 5 heteroatoms. The number of carbonyl (C=O) groups excluding carboxylic acids is 1. The molecule has 2 atom stereocenters. The predicted molar refractivity (Wildman–Crippen MR) is 73.6 cm³/mol. The molecule has 0 saturated heterocycles. The van der Waals surface area contributed by atoms with E-state index in [1.54, 1.807) is 31.3 Å². The van der Waals surface area contributed by atoms with Crippen molar-refractivity contribution in [3.05, 3.63) is 35.4 Å². The lowest BCUT2D eigenvalue weighted by Gasteiger charge is -2.17. The van der Waals surface area contributed by atoms with E-state index < -0.39 is 12.2 Å². The minimum atomic E-state index is -0.892. The molecule has 0 aliphatic carbocycles. The Morgan fingerprint density at radius 3 is 2.44 bits per heavy atom. The molecule has 18 heavy (non-hydrogen) atoms. The average Bonchev–Trinajstić information content (AvgIpc) is 2.39. The first-order valence-corrected chi connectivity index (χ1v) is 6.92. The van der Waals surface area contributed by atoms with Crippen molar-refractivity contribution in [1.82, 2.24) is 5.32 Å². The van der Waals surface area contributed by atoms with Gasteiger partial charge in [0.1, 0.15) is 6.10 Å². The van der Waals surface area contributed by atoms with Crippen LogP contribution in [0.3, 0.4) is 0 Å². The van der Waals surface area contributed by atoms with E-state index in [1.165, 1.54) is 0 Å². The SMILES string of the molecule is CNC(=O)Cc1ccc(C(O)C(O)CCBr)cc1. The molecule has 3 N–H and O–H groups in total. The summed E-state index contributed by atoms with van der Waals surface area (Å²) in [5.41, 5.74) is 1.53. The fourth-order valence-corrected chi connectivity index (χ4v) is 2.07. The molecular weight excluding hydrogens is 298 g/mol. The zero-order valence-electron chi connectivity index (χ0n) is 10.3. The van der Waals surface area contributed by atoms with Crippen LogP contribution in [-0.4, -0.2) is 34.6 Å². The topological polar surface area (TPSA) is 69.6 Å². The molecule has 2 unspecified atom stereocenters. The van der Waals surface area contributed by atoms with Gasteiger partial charge in [-0.15, -0.1) is 0 Å². The van der Waals surface area contributed by atoms with Crippen LogP contribution in [0.2, 0.25) is 0 Å². The van der Waals surface area contributed by atoms with Crippen LogP contribution in [0.1, 0.15) is 23.7 Å². The molecule has 0 spiro atoms. The maximum atomic E-state index is 11.2. The summed E-state index contributed by atoms with van der Waals surface area (Å²) in [6.45, 7) is 0. The minimum absolute atomic E-state index is 0.0531. The van der Waals surface area contributed by atoms with Crippen LogP contribution in [0.5, 0.6) is 0 Å². The number of likely N-dealkylation sites (N-methyl/N-ethyl adjacent to an activating group) is 1. The molecule has 0 saturated carbocycles. The molecule has 1 amide bonds. The molecule has 0 radical (unpaired) electrons. The van der Waals surface area contributed by atoms with Crippen LogP contribution < -0.4 is 5.32 Å². The molecule has 0 heterocycles. The number of nitrogens with one attached hydrogen (secondary N) is 1. The van der Waals surface area contributed by atoms with Crippen molar-refractivity contribution in [2.75, 3.05) is 12.4 Å². The molecule has 0 aromatic heterocycles. The van der Waals surface area contributed by atoms with E-state index in [0.717, 1.165) is 5.56 Å². The lowest BCUT2D eigenvalue weighted by atomic mass is 10.0. The Morgan fingerprint density at radius 1 is 1.33 bits per heavy atom. The molecule has 1 aromatic rings. The van der Waals surface area contributed by atoms with Crippen molar-refractivity contribution < 1.29 is 15.0 Å². The summed E-state index contributed by atoms with van der Waals surface area (Å²) < 4.78 is 0. The Balaban J connectivity index is 2.67. The number of hydrogen-bond acceptors (Lipinski definition) is 3. The van der Waals surface area contributed by atoms with Crippen molar-refractivity contribution in [1.29, 1.82) is 0 Å². The second-order valence-electron chi connectivity index (χ2n) is 4.08. The number of amides is 1. The number of hydrogen-bond donors (Lipinski definition) is 3. The van der Waals surface area contributed by atoms with Crippen LogP contribution in [-0.2, 0) is 11.2 Å². The molecular formula is C13H18BrNO3. The molecule has 0 aliphatic heterocycles. The number of carbonyl (C=O) groups is 1. The molecule has 0 bridgehead atoms. The minimum Gasteiger partial charge on any atom is -0.390 e. The third-order valence-corrected chi connectivity index (χ3v) is 3.19. The third-order valence-electron chi connectivity index (χ3n) is 2.73. The van der Waals surface area contributed by atoms with E-state index in [2.05, 4.69) is 21.2 Å². The van der Waals surface area contributed by atoms with Gasteiger partial charge in [-0.05, 0) is 17.5 Å². The molecule has 1 aromatic carbocycles. The van der Waals surface area contributed by atoms with Gasteiger partial charge in [-0.3, -0.25) is 4.79 Å². The highest BCUT2D eigenvalue weighted by atomic mass is 79.9. The van der Waals surface area contributed by atoms with Gasteiger partial charge in [0.15, 0.2) is 0 Å². The van der Waals surface area contributed by atoms with Gasteiger partial charge in [-0.1, -0.05) is 40.2 Å². The Hall–Kier alpha value is -0.910. The fraction of sp³-hybridized carbons (Fsp3) is 0.462. The highest BCUT2D eigenvalue weighted by Gasteiger charge is 2.17. The van der Waals surface area contributed by atoms with Gasteiger partial charge in [0.25, 0.3) is 0 Å².